The van der Waals surface area contributed by atoms with Gasteiger partial charge < -0.3 is 9.80 Å². The number of nitrogens with zero attached hydrogens (tertiary/aromatic N) is 2. The lowest BCUT2D eigenvalue weighted by Crippen LogP contribution is -2.15. The number of anilines is 6. The van der Waals surface area contributed by atoms with Crippen molar-refractivity contribution in [3.8, 4) is 33.4 Å². The van der Waals surface area contributed by atoms with Crippen LogP contribution in [-0.4, -0.2) is 0 Å². The lowest BCUT2D eigenvalue weighted by Gasteiger charge is -2.30. The van der Waals surface area contributed by atoms with Crippen molar-refractivity contribution >= 4 is 40.2 Å². The summed E-state index contributed by atoms with van der Waals surface area (Å²) in [6, 6.07) is 71.2. The maximum Gasteiger partial charge on any atom is 0.0536 e. The molecular formula is C57H48N2. The first-order valence-corrected chi connectivity index (χ1v) is 21.3. The van der Waals surface area contributed by atoms with Gasteiger partial charge in [-0.3, -0.25) is 0 Å². The first-order valence-electron chi connectivity index (χ1n) is 21.3. The summed E-state index contributed by atoms with van der Waals surface area (Å²) in [5.41, 5.74) is 20.2. The summed E-state index contributed by atoms with van der Waals surface area (Å²) in [6.07, 6.45) is 12.9. The van der Waals surface area contributed by atoms with E-state index in [1.807, 2.05) is 0 Å². The van der Waals surface area contributed by atoms with E-state index >= 15 is 0 Å². The molecule has 2 nitrogen and oxygen atoms in total. The molecule has 8 aromatic carbocycles. The minimum atomic E-state index is 1.11. The lowest BCUT2D eigenvalue weighted by molar-refractivity contribution is 0.686. The molecule has 0 heterocycles. The van der Waals surface area contributed by atoms with E-state index in [1.54, 1.807) is 0 Å². The monoisotopic (exact) mass is 760 g/mol. The molecule has 0 saturated heterocycles. The third-order valence-electron chi connectivity index (χ3n) is 12.2. The second-order valence-electron chi connectivity index (χ2n) is 15.9. The molecule has 8 aromatic rings. The smallest absolute Gasteiger partial charge is 0.0536 e. The molecular weight excluding hydrogens is 713 g/mol. The van der Waals surface area contributed by atoms with E-state index in [0.29, 0.717) is 0 Å². The Morgan fingerprint density at radius 2 is 0.712 bits per heavy atom. The second-order valence-corrected chi connectivity index (χ2v) is 15.9. The predicted octanol–water partition coefficient (Wildman–Crippen LogP) is 15.9. The zero-order chi connectivity index (χ0) is 39.4. The Morgan fingerprint density at radius 1 is 0.305 bits per heavy atom. The Morgan fingerprint density at radius 3 is 1.24 bits per heavy atom. The summed E-state index contributed by atoms with van der Waals surface area (Å²) in [6.45, 7) is 0. The van der Waals surface area contributed by atoms with Crippen LogP contribution in [0.4, 0.5) is 34.1 Å². The van der Waals surface area contributed by atoms with Gasteiger partial charge in [-0.2, -0.15) is 0 Å². The highest BCUT2D eigenvalue weighted by Gasteiger charge is 2.21. The lowest BCUT2D eigenvalue weighted by atomic mass is 9.90. The van der Waals surface area contributed by atoms with Crippen molar-refractivity contribution in [2.75, 3.05) is 9.80 Å². The topological polar surface area (TPSA) is 6.48 Å². The van der Waals surface area contributed by atoms with Gasteiger partial charge in [-0.05, 0) is 156 Å². The first-order chi connectivity index (χ1) is 29.3. The van der Waals surface area contributed by atoms with Crippen molar-refractivity contribution in [1.29, 1.82) is 0 Å². The van der Waals surface area contributed by atoms with E-state index in [-0.39, 0.29) is 0 Å². The maximum absolute atomic E-state index is 2.43. The molecule has 0 aliphatic heterocycles. The number of hydrogen-bond acceptors (Lipinski definition) is 2. The molecule has 0 radical (unpaired) electrons. The van der Waals surface area contributed by atoms with Crippen LogP contribution in [-0.2, 0) is 19.3 Å². The summed E-state index contributed by atoms with van der Waals surface area (Å²) < 4.78 is 0. The van der Waals surface area contributed by atoms with E-state index in [4.69, 9.17) is 0 Å². The Balaban J connectivity index is 0.874. The molecule has 0 atom stereocenters. The molecule has 2 heteroatoms. The standard InChI is InChI=1S/C57H48N2/c1-4-14-48-16-12-24-56(54(48)22-9-1)58(50-18-5-2-6-19-50)52-38-34-46(35-39-52)44-30-26-42(27-31-44)43-28-32-45(33-29-43)47-36-40-53(41-37-47)59(51-20-7-3-8-21-51)57-25-13-17-49-15-10-11-23-55(49)57/h2-3,5-9,12-13,16-22,24-41H,1,4,10-11,14-15,23H2. The number of benzene rings is 8. The summed E-state index contributed by atoms with van der Waals surface area (Å²) in [4.78, 5) is 4.83. The Hall–Kier alpha value is -6.90. The van der Waals surface area contributed by atoms with Gasteiger partial charge in [0.1, 0.15) is 0 Å². The van der Waals surface area contributed by atoms with Gasteiger partial charge in [0.2, 0.25) is 0 Å². The zero-order valence-corrected chi connectivity index (χ0v) is 33.5. The highest BCUT2D eigenvalue weighted by atomic mass is 15.1. The van der Waals surface area contributed by atoms with Crippen molar-refractivity contribution in [3.05, 3.63) is 222 Å². The predicted molar refractivity (Wildman–Crippen MR) is 251 cm³/mol. The summed E-state index contributed by atoms with van der Waals surface area (Å²) in [5, 5.41) is 0. The SMILES string of the molecule is C1=Cc2c(cccc2N(c2ccccc2)c2ccc(-c3ccc(-c4ccc(-c5ccc(N(c6ccccc6)c6cccc7c6CCCC7)cc5)cc4)cc3)cc2)CCC1. The van der Waals surface area contributed by atoms with Gasteiger partial charge in [0.25, 0.3) is 0 Å². The third-order valence-corrected chi connectivity index (χ3v) is 12.2. The van der Waals surface area contributed by atoms with Gasteiger partial charge in [0.05, 0.1) is 5.69 Å². The first kappa shape index (κ1) is 36.4. The number of aryl methyl sites for hydroxylation is 2. The van der Waals surface area contributed by atoms with Crippen LogP contribution in [0, 0.1) is 0 Å². The number of rotatable bonds is 9. The summed E-state index contributed by atoms with van der Waals surface area (Å²) in [7, 11) is 0. The van der Waals surface area contributed by atoms with E-state index in [1.165, 1.54) is 104 Å². The molecule has 0 N–H and O–H groups in total. The number of fused-ring (bicyclic) bond motifs is 2. The number of para-hydroxylation sites is 2. The van der Waals surface area contributed by atoms with Crippen LogP contribution < -0.4 is 9.80 Å². The Labute approximate surface area is 349 Å². The molecule has 286 valence electrons. The van der Waals surface area contributed by atoms with Crippen molar-refractivity contribution in [2.24, 2.45) is 0 Å². The van der Waals surface area contributed by atoms with E-state index in [0.717, 1.165) is 30.6 Å². The van der Waals surface area contributed by atoms with Crippen molar-refractivity contribution < 1.29 is 0 Å². The average molecular weight is 761 g/mol. The van der Waals surface area contributed by atoms with Crippen molar-refractivity contribution in [1.82, 2.24) is 0 Å². The van der Waals surface area contributed by atoms with Crippen molar-refractivity contribution in [3.63, 3.8) is 0 Å². The van der Waals surface area contributed by atoms with Crippen LogP contribution in [0.2, 0.25) is 0 Å². The Kier molecular flexibility index (Phi) is 10.2. The fraction of sp³-hybridized carbons (Fsp3) is 0.123. The molecule has 10 rings (SSSR count). The highest BCUT2D eigenvalue weighted by molar-refractivity contribution is 5.85. The van der Waals surface area contributed by atoms with Gasteiger partial charge in [0, 0.05) is 34.0 Å². The minimum absolute atomic E-state index is 1.11. The van der Waals surface area contributed by atoms with Gasteiger partial charge >= 0.3 is 0 Å². The quantitative estimate of drug-likeness (QED) is 0.145. The fourth-order valence-electron chi connectivity index (χ4n) is 9.11. The minimum Gasteiger partial charge on any atom is -0.310 e. The van der Waals surface area contributed by atoms with Gasteiger partial charge in [-0.1, -0.05) is 146 Å². The molecule has 0 unspecified atom stereocenters. The molecule has 0 amide bonds. The maximum atomic E-state index is 2.43. The zero-order valence-electron chi connectivity index (χ0n) is 33.5. The Bertz CT molecular complexity index is 2690. The van der Waals surface area contributed by atoms with Crippen LogP contribution in [0.3, 0.4) is 0 Å². The van der Waals surface area contributed by atoms with Crippen molar-refractivity contribution in [2.45, 2.75) is 44.9 Å². The normalized spacial score (nSPS) is 13.2. The van der Waals surface area contributed by atoms with Crippen LogP contribution in [0.15, 0.2) is 200 Å². The summed E-state index contributed by atoms with van der Waals surface area (Å²) in [5.74, 6) is 0. The number of hydrogen-bond donors (Lipinski definition) is 0. The average Bonchev–Trinajstić information content (AvgIpc) is 3.57. The van der Waals surface area contributed by atoms with E-state index in [9.17, 15) is 0 Å². The van der Waals surface area contributed by atoms with Gasteiger partial charge in [0.15, 0.2) is 0 Å². The molecule has 0 spiro atoms. The van der Waals surface area contributed by atoms with Crippen LogP contribution in [0.25, 0.3) is 39.5 Å². The molecule has 0 aromatic heterocycles. The molecule has 2 aliphatic carbocycles. The van der Waals surface area contributed by atoms with Gasteiger partial charge in [-0.25, -0.2) is 0 Å². The highest BCUT2D eigenvalue weighted by Crippen LogP contribution is 2.42. The molecule has 59 heavy (non-hydrogen) atoms. The summed E-state index contributed by atoms with van der Waals surface area (Å²) >= 11 is 0. The third kappa shape index (κ3) is 7.51. The van der Waals surface area contributed by atoms with Crippen LogP contribution in [0.1, 0.15) is 47.9 Å². The molecule has 0 bridgehead atoms. The van der Waals surface area contributed by atoms with E-state index < -0.39 is 0 Å². The fourth-order valence-corrected chi connectivity index (χ4v) is 9.11. The molecule has 0 saturated carbocycles. The van der Waals surface area contributed by atoms with Gasteiger partial charge in [-0.15, -0.1) is 0 Å². The molecule has 2 aliphatic rings. The van der Waals surface area contributed by atoms with Crippen LogP contribution in [0.5, 0.6) is 0 Å². The molecule has 0 fully saturated rings. The second kappa shape index (κ2) is 16.5. The number of allylic oxidation sites excluding steroid dienone is 1. The van der Waals surface area contributed by atoms with Crippen LogP contribution >= 0.6 is 0 Å². The largest absolute Gasteiger partial charge is 0.310 e. The van der Waals surface area contributed by atoms with E-state index in [2.05, 4.69) is 216 Å².